The van der Waals surface area contributed by atoms with E-state index in [0.717, 1.165) is 50.7 Å². The summed E-state index contributed by atoms with van der Waals surface area (Å²) in [7, 11) is 0. The Balaban J connectivity index is 1.57. The van der Waals surface area contributed by atoms with Gasteiger partial charge < -0.3 is 9.88 Å². The van der Waals surface area contributed by atoms with Gasteiger partial charge in [0.25, 0.3) is 0 Å². The van der Waals surface area contributed by atoms with Crippen molar-refractivity contribution in [3.63, 3.8) is 0 Å². The second kappa shape index (κ2) is 8.49. The maximum absolute atomic E-state index is 6.09. The van der Waals surface area contributed by atoms with Crippen LogP contribution in [0, 0.1) is 0 Å². The van der Waals surface area contributed by atoms with E-state index in [0.29, 0.717) is 5.28 Å². The van der Waals surface area contributed by atoms with Crippen molar-refractivity contribution in [1.29, 1.82) is 0 Å². The van der Waals surface area contributed by atoms with Gasteiger partial charge in [0.15, 0.2) is 5.82 Å². The van der Waals surface area contributed by atoms with Gasteiger partial charge in [-0.25, -0.2) is 4.98 Å². The van der Waals surface area contributed by atoms with Gasteiger partial charge in [-0.3, -0.25) is 9.88 Å². The first-order valence-corrected chi connectivity index (χ1v) is 9.24. The average molecular weight is 348 g/mol. The standard InChI is InChI=1S/C18H26ClN5/c1-2-3-4-11-24-14-23(13-16-17(24)22-18(19)21-16)10-6-8-15-7-5-9-20-12-15/h5,7,9,12H,2-4,6,8,10-11,13-14H2,1H3,(H,21,22). The molecule has 6 heteroatoms. The van der Waals surface area contributed by atoms with Crippen molar-refractivity contribution in [3.8, 4) is 0 Å². The van der Waals surface area contributed by atoms with Crippen molar-refractivity contribution in [2.45, 2.75) is 45.6 Å². The number of unbranched alkanes of at least 4 members (excludes halogenated alkanes) is 2. The first-order valence-electron chi connectivity index (χ1n) is 8.87. The molecule has 0 atom stereocenters. The zero-order valence-electron chi connectivity index (χ0n) is 14.3. The Morgan fingerprint density at radius 1 is 1.25 bits per heavy atom. The van der Waals surface area contributed by atoms with E-state index in [1.165, 1.54) is 24.8 Å². The third-order valence-electron chi connectivity index (χ3n) is 4.47. The fourth-order valence-corrected chi connectivity index (χ4v) is 3.45. The summed E-state index contributed by atoms with van der Waals surface area (Å²) in [6, 6.07) is 4.15. The molecule has 0 bridgehead atoms. The first-order chi connectivity index (χ1) is 11.8. The molecule has 0 aromatic carbocycles. The van der Waals surface area contributed by atoms with Crippen molar-refractivity contribution in [1.82, 2.24) is 19.9 Å². The molecule has 0 amide bonds. The van der Waals surface area contributed by atoms with Crippen LogP contribution in [0.3, 0.4) is 0 Å². The lowest BCUT2D eigenvalue weighted by molar-refractivity contribution is 0.244. The quantitative estimate of drug-likeness (QED) is 0.736. The molecule has 1 N–H and O–H groups in total. The highest BCUT2D eigenvalue weighted by Gasteiger charge is 2.25. The van der Waals surface area contributed by atoms with Crippen molar-refractivity contribution < 1.29 is 0 Å². The lowest BCUT2D eigenvalue weighted by atomic mass is 10.1. The average Bonchev–Trinajstić information content (AvgIpc) is 2.96. The lowest BCUT2D eigenvalue weighted by Gasteiger charge is -2.35. The number of nitrogens with one attached hydrogen (secondary N) is 1. The maximum Gasteiger partial charge on any atom is 0.202 e. The zero-order valence-corrected chi connectivity index (χ0v) is 15.1. The van der Waals surface area contributed by atoms with Gasteiger partial charge in [0, 0.05) is 32.0 Å². The number of aromatic amines is 1. The van der Waals surface area contributed by atoms with E-state index in [2.05, 4.69) is 37.7 Å². The smallest absolute Gasteiger partial charge is 0.202 e. The number of fused-ring (bicyclic) bond motifs is 1. The van der Waals surface area contributed by atoms with Crippen molar-refractivity contribution in [3.05, 3.63) is 41.1 Å². The maximum atomic E-state index is 6.09. The summed E-state index contributed by atoms with van der Waals surface area (Å²) < 4.78 is 0. The molecule has 1 aliphatic rings. The Bertz CT molecular complexity index is 628. The van der Waals surface area contributed by atoms with Gasteiger partial charge in [-0.15, -0.1) is 0 Å². The van der Waals surface area contributed by atoms with Crippen LogP contribution in [-0.2, 0) is 13.0 Å². The predicted molar refractivity (Wildman–Crippen MR) is 98.3 cm³/mol. The fraction of sp³-hybridized carbons (Fsp3) is 0.556. The topological polar surface area (TPSA) is 48.0 Å². The summed E-state index contributed by atoms with van der Waals surface area (Å²) in [6.07, 6.45) is 9.67. The summed E-state index contributed by atoms with van der Waals surface area (Å²) in [5.41, 5.74) is 2.45. The molecule has 0 unspecified atom stereocenters. The van der Waals surface area contributed by atoms with Crippen LogP contribution in [0.25, 0.3) is 0 Å². The number of anilines is 1. The largest absolute Gasteiger partial charge is 0.342 e. The fourth-order valence-electron chi connectivity index (χ4n) is 3.25. The van der Waals surface area contributed by atoms with Crippen LogP contribution in [0.4, 0.5) is 5.82 Å². The minimum atomic E-state index is 0.498. The molecule has 0 aliphatic carbocycles. The van der Waals surface area contributed by atoms with Crippen LogP contribution < -0.4 is 4.90 Å². The van der Waals surface area contributed by atoms with Gasteiger partial charge in [0.2, 0.25) is 5.28 Å². The van der Waals surface area contributed by atoms with E-state index in [1.807, 2.05) is 18.5 Å². The van der Waals surface area contributed by atoms with E-state index in [-0.39, 0.29) is 0 Å². The zero-order chi connectivity index (χ0) is 16.8. The van der Waals surface area contributed by atoms with Crippen molar-refractivity contribution in [2.24, 2.45) is 0 Å². The molecule has 3 heterocycles. The normalized spacial score (nSPS) is 14.8. The van der Waals surface area contributed by atoms with Crippen LogP contribution >= 0.6 is 11.6 Å². The third kappa shape index (κ3) is 4.48. The molecule has 0 saturated carbocycles. The number of pyridine rings is 1. The predicted octanol–water partition coefficient (Wildman–Crippen LogP) is 3.86. The van der Waals surface area contributed by atoms with Gasteiger partial charge in [-0.1, -0.05) is 25.8 Å². The highest BCUT2D eigenvalue weighted by molar-refractivity contribution is 6.28. The van der Waals surface area contributed by atoms with Crippen LogP contribution in [-0.4, -0.2) is 39.6 Å². The molecule has 5 nitrogen and oxygen atoms in total. The number of hydrogen-bond acceptors (Lipinski definition) is 4. The van der Waals surface area contributed by atoms with E-state index in [4.69, 9.17) is 11.6 Å². The van der Waals surface area contributed by atoms with E-state index >= 15 is 0 Å². The Hall–Kier alpha value is -1.59. The molecular formula is C18H26ClN5. The second-order valence-electron chi connectivity index (χ2n) is 6.46. The monoisotopic (exact) mass is 347 g/mol. The first kappa shape index (κ1) is 17.2. The number of hydrogen-bond donors (Lipinski definition) is 1. The highest BCUT2D eigenvalue weighted by atomic mass is 35.5. The molecular weight excluding hydrogens is 322 g/mol. The summed E-state index contributed by atoms with van der Waals surface area (Å²) in [5, 5.41) is 0.498. The summed E-state index contributed by atoms with van der Waals surface area (Å²) in [6.45, 7) is 6.17. The number of halogens is 1. The Kier molecular flexibility index (Phi) is 6.10. The van der Waals surface area contributed by atoms with Gasteiger partial charge in [-0.2, -0.15) is 0 Å². The van der Waals surface area contributed by atoms with E-state index in [9.17, 15) is 0 Å². The van der Waals surface area contributed by atoms with Gasteiger partial charge >= 0.3 is 0 Å². The number of rotatable bonds is 8. The van der Waals surface area contributed by atoms with Crippen LogP contribution in [0.5, 0.6) is 0 Å². The van der Waals surface area contributed by atoms with Crippen LogP contribution in [0.2, 0.25) is 5.28 Å². The summed E-state index contributed by atoms with van der Waals surface area (Å²) in [5.74, 6) is 1.04. The molecule has 0 spiro atoms. The number of imidazole rings is 1. The highest BCUT2D eigenvalue weighted by Crippen LogP contribution is 2.27. The second-order valence-corrected chi connectivity index (χ2v) is 6.82. The van der Waals surface area contributed by atoms with E-state index in [1.54, 1.807) is 0 Å². The van der Waals surface area contributed by atoms with Crippen LogP contribution in [0.1, 0.15) is 43.9 Å². The minimum Gasteiger partial charge on any atom is -0.342 e. The van der Waals surface area contributed by atoms with Gasteiger partial charge in [0.05, 0.1) is 12.4 Å². The minimum absolute atomic E-state index is 0.498. The van der Waals surface area contributed by atoms with Crippen molar-refractivity contribution in [2.75, 3.05) is 24.7 Å². The summed E-state index contributed by atoms with van der Waals surface area (Å²) >= 11 is 6.09. The summed E-state index contributed by atoms with van der Waals surface area (Å²) in [4.78, 5) is 16.7. The Morgan fingerprint density at radius 3 is 2.96 bits per heavy atom. The van der Waals surface area contributed by atoms with Crippen LogP contribution in [0.15, 0.2) is 24.5 Å². The SMILES string of the molecule is CCCCCN1CN(CCCc2cccnc2)Cc2[nH]c(Cl)nc21. The Labute approximate surface area is 149 Å². The molecule has 0 radical (unpaired) electrons. The molecule has 2 aromatic heterocycles. The van der Waals surface area contributed by atoms with E-state index < -0.39 is 0 Å². The lowest BCUT2D eigenvalue weighted by Crippen LogP contribution is -2.43. The van der Waals surface area contributed by atoms with Gasteiger partial charge in [0.1, 0.15) is 0 Å². The molecule has 130 valence electrons. The number of aryl methyl sites for hydroxylation is 1. The number of H-pyrrole nitrogens is 1. The molecule has 0 fully saturated rings. The molecule has 24 heavy (non-hydrogen) atoms. The van der Waals surface area contributed by atoms with Crippen molar-refractivity contribution >= 4 is 17.4 Å². The third-order valence-corrected chi connectivity index (χ3v) is 4.65. The molecule has 3 rings (SSSR count). The number of nitrogens with zero attached hydrogens (tertiary/aromatic N) is 4. The molecule has 2 aromatic rings. The number of aromatic nitrogens is 3. The Morgan fingerprint density at radius 2 is 2.17 bits per heavy atom. The molecule has 0 saturated heterocycles. The van der Waals surface area contributed by atoms with Gasteiger partial charge in [-0.05, 0) is 42.5 Å². The molecule has 1 aliphatic heterocycles.